The lowest BCUT2D eigenvalue weighted by atomic mass is 10.0. The number of aromatic nitrogens is 1. The lowest BCUT2D eigenvalue weighted by Gasteiger charge is -2.27. The molecule has 9 nitrogen and oxygen atoms in total. The molecule has 2 N–H and O–H groups in total. The SMILES string of the molecule is Cc1[nH]c(C=C2C(=O)Nc3ccc(S(=O)(=O)Cc4c(Cl)cccc4Cl)cc32)c(C)c1C(=O)N1CCS(=O)(=O)CC1. The molecule has 0 spiro atoms. The fourth-order valence-electron chi connectivity index (χ4n) is 4.90. The Kier molecular flexibility index (Phi) is 7.37. The Hall–Kier alpha value is -3.12. The Balaban J connectivity index is 1.48. The Morgan fingerprint density at radius 1 is 1.07 bits per heavy atom. The number of rotatable bonds is 5. The van der Waals surface area contributed by atoms with Crippen LogP contribution in [-0.2, 0) is 30.2 Å². The molecule has 0 radical (unpaired) electrons. The van der Waals surface area contributed by atoms with Gasteiger partial charge in [0.1, 0.15) is 0 Å². The van der Waals surface area contributed by atoms with Crippen LogP contribution in [0.1, 0.15) is 38.4 Å². The molecule has 3 heterocycles. The highest BCUT2D eigenvalue weighted by molar-refractivity contribution is 7.91. The third-order valence-corrected chi connectivity index (χ3v) is 11.1. The van der Waals surface area contributed by atoms with E-state index in [-0.39, 0.29) is 56.6 Å². The molecule has 1 aromatic heterocycles. The van der Waals surface area contributed by atoms with Gasteiger partial charge in [-0.25, -0.2) is 16.8 Å². The largest absolute Gasteiger partial charge is 0.358 e. The Bertz CT molecular complexity index is 1790. The molecule has 0 aliphatic carbocycles. The summed E-state index contributed by atoms with van der Waals surface area (Å²) in [7, 11) is -7.02. The molecule has 2 aliphatic heterocycles. The van der Waals surface area contributed by atoms with Crippen LogP contribution < -0.4 is 5.32 Å². The van der Waals surface area contributed by atoms with Crippen LogP contribution in [0.25, 0.3) is 11.6 Å². The van der Waals surface area contributed by atoms with Gasteiger partial charge in [0.25, 0.3) is 11.8 Å². The quantitative estimate of drug-likeness (QED) is 0.409. The van der Waals surface area contributed by atoms with Crippen molar-refractivity contribution >= 4 is 72.0 Å². The Morgan fingerprint density at radius 2 is 1.73 bits per heavy atom. The fraction of sp³-hybridized carbons (Fsp3) is 0.259. The molecule has 1 fully saturated rings. The minimum absolute atomic E-state index is 0.0000535. The van der Waals surface area contributed by atoms with Gasteiger partial charge in [-0.15, -0.1) is 0 Å². The van der Waals surface area contributed by atoms with E-state index in [1.807, 2.05) is 0 Å². The van der Waals surface area contributed by atoms with E-state index >= 15 is 0 Å². The number of carbonyl (C=O) groups excluding carboxylic acids is 2. The molecular weight excluding hydrogens is 597 g/mol. The van der Waals surface area contributed by atoms with Gasteiger partial charge in [-0.1, -0.05) is 29.3 Å². The first kappa shape index (κ1) is 28.4. The number of hydrogen-bond acceptors (Lipinski definition) is 6. The van der Waals surface area contributed by atoms with Gasteiger partial charge >= 0.3 is 0 Å². The van der Waals surface area contributed by atoms with Crippen molar-refractivity contribution < 1.29 is 26.4 Å². The first-order chi connectivity index (χ1) is 18.8. The summed E-state index contributed by atoms with van der Waals surface area (Å²) in [5.74, 6) is -1.28. The number of aryl methyl sites for hydroxylation is 1. The zero-order valence-corrected chi connectivity index (χ0v) is 24.7. The summed E-state index contributed by atoms with van der Waals surface area (Å²) in [5, 5.41) is 3.23. The number of aromatic amines is 1. The van der Waals surface area contributed by atoms with Crippen molar-refractivity contribution in [2.24, 2.45) is 0 Å². The molecule has 1 saturated heterocycles. The predicted molar refractivity (Wildman–Crippen MR) is 155 cm³/mol. The van der Waals surface area contributed by atoms with Gasteiger partial charge in [0.2, 0.25) is 0 Å². The highest BCUT2D eigenvalue weighted by Gasteiger charge is 2.31. The number of fused-ring (bicyclic) bond motifs is 1. The van der Waals surface area contributed by atoms with E-state index in [2.05, 4.69) is 10.3 Å². The van der Waals surface area contributed by atoms with Crippen LogP contribution in [0.2, 0.25) is 10.0 Å². The summed E-state index contributed by atoms with van der Waals surface area (Å²) >= 11 is 12.4. The molecule has 40 heavy (non-hydrogen) atoms. The van der Waals surface area contributed by atoms with Crippen molar-refractivity contribution in [2.75, 3.05) is 29.9 Å². The number of carbonyl (C=O) groups is 2. The summed E-state index contributed by atoms with van der Waals surface area (Å²) in [4.78, 5) is 30.8. The van der Waals surface area contributed by atoms with E-state index in [0.29, 0.717) is 33.8 Å². The van der Waals surface area contributed by atoms with Crippen molar-refractivity contribution in [2.45, 2.75) is 24.5 Å². The molecule has 5 rings (SSSR count). The normalized spacial score (nSPS) is 17.6. The van der Waals surface area contributed by atoms with Crippen LogP contribution >= 0.6 is 23.2 Å². The second-order valence-electron chi connectivity index (χ2n) is 9.79. The van der Waals surface area contributed by atoms with E-state index in [1.165, 1.54) is 23.1 Å². The number of amides is 2. The average molecular weight is 623 g/mol. The first-order valence-electron chi connectivity index (χ1n) is 12.3. The predicted octanol–water partition coefficient (Wildman–Crippen LogP) is 4.28. The molecule has 0 unspecified atom stereocenters. The van der Waals surface area contributed by atoms with Gasteiger partial charge in [-0.2, -0.15) is 0 Å². The standard InChI is InChI=1S/C27H25Cl2N3O6S2/c1-15-24(30-16(2)25(15)27(34)32-8-10-39(35,36)11-9-32)13-19-18-12-17(6-7-23(18)31-26(19)33)40(37,38)14-20-21(28)4-3-5-22(20)29/h3-7,12-13,30H,8-11,14H2,1-2H3,(H,31,33). The van der Waals surface area contributed by atoms with Gasteiger partial charge < -0.3 is 15.2 Å². The monoisotopic (exact) mass is 621 g/mol. The minimum Gasteiger partial charge on any atom is -0.358 e. The second kappa shape index (κ2) is 10.4. The smallest absolute Gasteiger partial charge is 0.256 e. The number of H-pyrrole nitrogens is 1. The summed E-state index contributed by atoms with van der Waals surface area (Å²) in [6.45, 7) is 3.71. The third kappa shape index (κ3) is 5.30. The highest BCUT2D eigenvalue weighted by atomic mass is 35.5. The van der Waals surface area contributed by atoms with Crippen molar-refractivity contribution in [3.63, 3.8) is 0 Å². The van der Waals surface area contributed by atoms with Crippen LogP contribution in [0.15, 0.2) is 41.3 Å². The number of sulfone groups is 2. The van der Waals surface area contributed by atoms with Gasteiger partial charge in [0, 0.05) is 51.3 Å². The van der Waals surface area contributed by atoms with Crippen LogP contribution in [0.3, 0.4) is 0 Å². The fourth-order valence-corrected chi connectivity index (χ4v) is 8.23. The van der Waals surface area contributed by atoms with Gasteiger partial charge in [-0.3, -0.25) is 9.59 Å². The van der Waals surface area contributed by atoms with Gasteiger partial charge in [-0.05, 0) is 55.8 Å². The van der Waals surface area contributed by atoms with Crippen LogP contribution in [0.4, 0.5) is 5.69 Å². The van der Waals surface area contributed by atoms with E-state index in [9.17, 15) is 26.4 Å². The Labute approximate surface area is 242 Å². The average Bonchev–Trinajstić information content (AvgIpc) is 3.35. The van der Waals surface area contributed by atoms with Crippen LogP contribution in [0.5, 0.6) is 0 Å². The van der Waals surface area contributed by atoms with Crippen molar-refractivity contribution in [3.8, 4) is 0 Å². The van der Waals surface area contributed by atoms with E-state index in [1.54, 1.807) is 38.1 Å². The molecular formula is C27H25Cl2N3O6S2. The van der Waals surface area contributed by atoms with Crippen molar-refractivity contribution in [1.29, 1.82) is 0 Å². The maximum atomic E-state index is 13.3. The summed E-state index contributed by atoms with van der Waals surface area (Å²) in [5.41, 5.74) is 3.48. The maximum absolute atomic E-state index is 13.3. The van der Waals surface area contributed by atoms with Crippen molar-refractivity contribution in [3.05, 3.63) is 80.1 Å². The lowest BCUT2D eigenvalue weighted by Crippen LogP contribution is -2.44. The zero-order chi connectivity index (χ0) is 29.0. The third-order valence-electron chi connectivity index (χ3n) is 7.14. The molecule has 210 valence electrons. The molecule has 0 atom stereocenters. The summed E-state index contributed by atoms with van der Waals surface area (Å²) < 4.78 is 50.2. The van der Waals surface area contributed by atoms with E-state index < -0.39 is 31.3 Å². The lowest BCUT2D eigenvalue weighted by molar-refractivity contribution is -0.110. The number of hydrogen-bond donors (Lipinski definition) is 2. The molecule has 2 aliphatic rings. The summed E-state index contributed by atoms with van der Waals surface area (Å²) in [6.07, 6.45) is 1.59. The molecule has 13 heteroatoms. The van der Waals surface area contributed by atoms with Crippen LogP contribution in [0, 0.1) is 13.8 Å². The van der Waals surface area contributed by atoms with Gasteiger partial charge in [0.15, 0.2) is 19.7 Å². The van der Waals surface area contributed by atoms with Crippen LogP contribution in [-0.4, -0.2) is 63.1 Å². The first-order valence-corrected chi connectivity index (χ1v) is 16.5. The second-order valence-corrected chi connectivity index (χ2v) is 14.9. The Morgan fingerprint density at radius 3 is 2.38 bits per heavy atom. The van der Waals surface area contributed by atoms with Gasteiger partial charge in [0.05, 0.1) is 33.3 Å². The molecule has 3 aromatic rings. The topological polar surface area (TPSA) is 133 Å². The van der Waals surface area contributed by atoms with E-state index in [4.69, 9.17) is 23.2 Å². The summed E-state index contributed by atoms with van der Waals surface area (Å²) in [6, 6.07) is 9.15. The number of nitrogens with one attached hydrogen (secondary N) is 2. The minimum atomic E-state index is -3.87. The number of nitrogens with zero attached hydrogens (tertiary/aromatic N) is 1. The molecule has 0 bridgehead atoms. The van der Waals surface area contributed by atoms with Crippen molar-refractivity contribution in [1.82, 2.24) is 9.88 Å². The molecule has 2 aromatic carbocycles. The van der Waals surface area contributed by atoms with E-state index in [0.717, 1.165) is 0 Å². The zero-order valence-electron chi connectivity index (χ0n) is 21.5. The molecule has 2 amide bonds. The number of halogens is 2. The maximum Gasteiger partial charge on any atom is 0.256 e. The highest BCUT2D eigenvalue weighted by Crippen LogP contribution is 2.37. The number of anilines is 1. The number of benzene rings is 2. The molecule has 0 saturated carbocycles.